The van der Waals surface area contributed by atoms with Crippen LogP contribution in [0.15, 0.2) is 36.4 Å². The number of methoxy groups -OCH3 is 1. The van der Waals surface area contributed by atoms with Crippen molar-refractivity contribution in [3.8, 4) is 16.9 Å². The highest BCUT2D eigenvalue weighted by atomic mass is 16.5. The number of benzene rings is 2. The van der Waals surface area contributed by atoms with Gasteiger partial charge in [-0.2, -0.15) is 0 Å². The van der Waals surface area contributed by atoms with Gasteiger partial charge in [0, 0.05) is 12.2 Å². The van der Waals surface area contributed by atoms with Crippen LogP contribution < -0.4 is 9.64 Å². The molecule has 3 nitrogen and oxygen atoms in total. The maximum Gasteiger partial charge on any atom is 0.316 e. The van der Waals surface area contributed by atoms with Gasteiger partial charge in [-0.25, -0.2) is 0 Å². The van der Waals surface area contributed by atoms with Crippen LogP contribution in [0.2, 0.25) is 0 Å². The van der Waals surface area contributed by atoms with Crippen molar-refractivity contribution in [1.82, 2.24) is 0 Å². The van der Waals surface area contributed by atoms with Crippen molar-refractivity contribution in [2.24, 2.45) is 0 Å². The van der Waals surface area contributed by atoms with Gasteiger partial charge in [0.15, 0.2) is 0 Å². The molecule has 3 rings (SSSR count). The first kappa shape index (κ1) is 12.7. The Morgan fingerprint density at radius 3 is 2.65 bits per heavy atom. The van der Waals surface area contributed by atoms with E-state index in [0.717, 1.165) is 29.0 Å². The molecule has 2 aromatic carbocycles. The van der Waals surface area contributed by atoms with Gasteiger partial charge in [0.25, 0.3) is 0 Å². The Morgan fingerprint density at radius 1 is 1.15 bits per heavy atom. The Hall–Kier alpha value is -2.29. The first-order valence-corrected chi connectivity index (χ1v) is 6.67. The fourth-order valence-corrected chi connectivity index (χ4v) is 2.91. The molecule has 3 heteroatoms. The summed E-state index contributed by atoms with van der Waals surface area (Å²) in [5.41, 5.74) is 5.65. The van der Waals surface area contributed by atoms with Gasteiger partial charge in [0.1, 0.15) is 5.75 Å². The molecule has 0 spiro atoms. The number of hydrogen-bond acceptors (Lipinski definition) is 2. The molecule has 0 unspecified atom stereocenters. The normalized spacial score (nSPS) is 13.2. The molecule has 1 heterocycles. The van der Waals surface area contributed by atoms with Gasteiger partial charge in [0.05, 0.1) is 7.11 Å². The fraction of sp³-hybridized carbons (Fsp3) is 0.235. The van der Waals surface area contributed by atoms with E-state index in [9.17, 15) is 4.79 Å². The molecule has 0 bridgehead atoms. The van der Waals surface area contributed by atoms with E-state index in [-0.39, 0.29) is 0 Å². The Labute approximate surface area is 118 Å². The van der Waals surface area contributed by atoms with Crippen LogP contribution >= 0.6 is 0 Å². The molecule has 0 fully saturated rings. The third-order valence-electron chi connectivity index (χ3n) is 3.93. The molecule has 101 valence electrons. The van der Waals surface area contributed by atoms with Crippen molar-refractivity contribution in [3.05, 3.63) is 47.5 Å². The van der Waals surface area contributed by atoms with Crippen molar-refractivity contribution < 1.29 is 9.53 Å². The molecule has 0 aliphatic carbocycles. The smallest absolute Gasteiger partial charge is 0.316 e. The summed E-state index contributed by atoms with van der Waals surface area (Å²) in [6, 6.07) is 12.1. The van der Waals surface area contributed by atoms with E-state index in [1.807, 2.05) is 30.7 Å². The van der Waals surface area contributed by atoms with Gasteiger partial charge in [-0.15, -0.1) is 0 Å². The van der Waals surface area contributed by atoms with Crippen LogP contribution in [-0.2, 0) is 11.2 Å². The second kappa shape index (κ2) is 5.00. The zero-order valence-corrected chi connectivity index (χ0v) is 11.6. The van der Waals surface area contributed by atoms with Crippen LogP contribution in [0.1, 0.15) is 11.1 Å². The minimum Gasteiger partial charge on any atom is -0.496 e. The van der Waals surface area contributed by atoms with E-state index in [0.29, 0.717) is 6.54 Å². The molecule has 1 aliphatic rings. The fourth-order valence-electron chi connectivity index (χ4n) is 2.91. The van der Waals surface area contributed by atoms with E-state index < -0.39 is 0 Å². The van der Waals surface area contributed by atoms with Crippen molar-refractivity contribution in [2.45, 2.75) is 13.3 Å². The zero-order valence-electron chi connectivity index (χ0n) is 11.6. The molecule has 0 atom stereocenters. The molecule has 1 amide bonds. The highest BCUT2D eigenvalue weighted by Gasteiger charge is 2.23. The van der Waals surface area contributed by atoms with E-state index in [1.165, 1.54) is 11.1 Å². The quantitative estimate of drug-likeness (QED) is 0.854. The highest BCUT2D eigenvalue weighted by Crippen LogP contribution is 2.38. The maximum atomic E-state index is 11.0. The predicted molar refractivity (Wildman–Crippen MR) is 79.9 cm³/mol. The number of nitrogens with zero attached hydrogens (tertiary/aromatic N) is 1. The van der Waals surface area contributed by atoms with Gasteiger partial charge in [-0.05, 0) is 47.7 Å². The Kier molecular flexibility index (Phi) is 3.18. The van der Waals surface area contributed by atoms with E-state index in [4.69, 9.17) is 4.74 Å². The molecule has 20 heavy (non-hydrogen) atoms. The average Bonchev–Trinajstić information content (AvgIpc) is 2.90. The zero-order chi connectivity index (χ0) is 14.1. The van der Waals surface area contributed by atoms with Crippen molar-refractivity contribution in [3.63, 3.8) is 0 Å². The monoisotopic (exact) mass is 266 g/mol. The molecule has 0 aromatic heterocycles. The van der Waals surface area contributed by atoms with E-state index in [1.54, 1.807) is 12.0 Å². The van der Waals surface area contributed by atoms with Crippen molar-refractivity contribution in [2.75, 3.05) is 18.6 Å². The number of amides is 1. The lowest BCUT2D eigenvalue weighted by Gasteiger charge is -2.14. The third-order valence-corrected chi connectivity index (χ3v) is 3.93. The summed E-state index contributed by atoms with van der Waals surface area (Å²) >= 11 is 0. The molecule has 1 radical (unpaired) electrons. The standard InChI is InChI=1S/C17H16NO2/c1-12-13(5-4-8-17(12)20-2)14-6-3-7-16-15(14)9-10-18(16)11-19/h3-8H,9-10H2,1-2H3. The minimum atomic E-state index is 0.707. The number of rotatable bonds is 3. The topological polar surface area (TPSA) is 29.5 Å². The Bertz CT molecular complexity index is 664. The van der Waals surface area contributed by atoms with Crippen molar-refractivity contribution in [1.29, 1.82) is 0 Å². The molecule has 0 saturated carbocycles. The minimum absolute atomic E-state index is 0.707. The van der Waals surface area contributed by atoms with Crippen LogP contribution in [0.5, 0.6) is 5.75 Å². The number of carbonyl (C=O) groups excluding carboxylic acids is 1. The SMILES string of the molecule is COc1cccc(-c2cccc3c2CCN3[C]=O)c1C. The van der Waals surface area contributed by atoms with Crippen LogP contribution in [0.25, 0.3) is 11.1 Å². The number of fused-ring (bicyclic) bond motifs is 1. The molecule has 0 N–H and O–H groups in total. The number of anilines is 1. The van der Waals surface area contributed by atoms with Crippen LogP contribution in [0, 0.1) is 6.92 Å². The molecule has 1 aliphatic heterocycles. The van der Waals surface area contributed by atoms with Gasteiger partial charge < -0.3 is 9.64 Å². The molecule has 0 saturated heterocycles. The largest absolute Gasteiger partial charge is 0.496 e. The van der Waals surface area contributed by atoms with E-state index in [2.05, 4.69) is 19.1 Å². The van der Waals surface area contributed by atoms with Crippen molar-refractivity contribution >= 4 is 12.1 Å². The predicted octanol–water partition coefficient (Wildman–Crippen LogP) is 3.10. The van der Waals surface area contributed by atoms with Gasteiger partial charge >= 0.3 is 6.41 Å². The summed E-state index contributed by atoms with van der Waals surface area (Å²) in [5, 5.41) is 0. The Morgan fingerprint density at radius 2 is 1.90 bits per heavy atom. The van der Waals surface area contributed by atoms with Crippen LogP contribution in [-0.4, -0.2) is 20.1 Å². The molecular weight excluding hydrogens is 250 g/mol. The lowest BCUT2D eigenvalue weighted by atomic mass is 9.94. The second-order valence-electron chi connectivity index (χ2n) is 4.93. The van der Waals surface area contributed by atoms with Gasteiger partial charge in [0.2, 0.25) is 0 Å². The summed E-state index contributed by atoms with van der Waals surface area (Å²) in [4.78, 5) is 12.6. The third kappa shape index (κ3) is 1.86. The average molecular weight is 266 g/mol. The van der Waals surface area contributed by atoms with Crippen LogP contribution in [0.3, 0.4) is 0 Å². The highest BCUT2D eigenvalue weighted by molar-refractivity contribution is 5.86. The summed E-state index contributed by atoms with van der Waals surface area (Å²) in [6.45, 7) is 2.77. The van der Waals surface area contributed by atoms with Gasteiger partial charge in [-0.3, -0.25) is 4.79 Å². The van der Waals surface area contributed by atoms with E-state index >= 15 is 0 Å². The second-order valence-corrected chi connectivity index (χ2v) is 4.93. The summed E-state index contributed by atoms with van der Waals surface area (Å²) in [7, 11) is 1.69. The van der Waals surface area contributed by atoms with Gasteiger partial charge in [-0.1, -0.05) is 24.3 Å². The summed E-state index contributed by atoms with van der Waals surface area (Å²) in [5.74, 6) is 0.886. The first-order valence-electron chi connectivity index (χ1n) is 6.67. The Balaban J connectivity index is 2.18. The van der Waals surface area contributed by atoms with Crippen LogP contribution in [0.4, 0.5) is 5.69 Å². The maximum absolute atomic E-state index is 11.0. The number of ether oxygens (including phenoxy) is 1. The summed E-state index contributed by atoms with van der Waals surface area (Å²) in [6.07, 6.45) is 2.87. The lowest BCUT2D eigenvalue weighted by molar-refractivity contribution is 0.412. The lowest BCUT2D eigenvalue weighted by Crippen LogP contribution is -2.16. The number of hydrogen-bond donors (Lipinski definition) is 0. The molecular formula is C17H16NO2. The first-order chi connectivity index (χ1) is 9.76. The summed E-state index contributed by atoms with van der Waals surface area (Å²) < 4.78 is 5.40. The molecule has 2 aromatic rings.